The number of rotatable bonds is 3. The smallest absolute Gasteiger partial charge is 0.245 e. The van der Waals surface area contributed by atoms with Crippen LogP contribution in [0.15, 0.2) is 24.3 Å². The molecule has 0 aromatic heterocycles. The largest absolute Gasteiger partial charge is 0.496 e. The van der Waals surface area contributed by atoms with Gasteiger partial charge in [-0.3, -0.25) is 9.59 Å². The van der Waals surface area contributed by atoms with Crippen molar-refractivity contribution >= 4 is 11.8 Å². The monoisotopic (exact) mass is 331 g/mol. The summed E-state index contributed by atoms with van der Waals surface area (Å²) in [6.07, 6.45) is 1.64. The van der Waals surface area contributed by atoms with Crippen LogP contribution in [0.1, 0.15) is 31.4 Å². The van der Waals surface area contributed by atoms with E-state index < -0.39 is 0 Å². The van der Waals surface area contributed by atoms with Crippen LogP contribution in [0.4, 0.5) is 0 Å². The summed E-state index contributed by atoms with van der Waals surface area (Å²) in [6.45, 7) is 4.32. The van der Waals surface area contributed by atoms with Crippen molar-refractivity contribution in [1.82, 2.24) is 15.1 Å². The van der Waals surface area contributed by atoms with Crippen molar-refractivity contribution in [2.45, 2.75) is 31.8 Å². The fourth-order valence-electron chi connectivity index (χ4n) is 3.78. The Bertz CT molecular complexity index is 619. The standard InChI is InChI=1S/C18H25N3O3/c1-13(22)20-10-5-7-15(20)18(23)21-11-9-19-12-16(21)14-6-3-4-8-17(14)24-2/h3-4,6,8,15-16,19H,5,7,9-12H2,1-2H3. The lowest BCUT2D eigenvalue weighted by atomic mass is 10.0. The number of nitrogens with zero attached hydrogens (tertiary/aromatic N) is 2. The molecule has 2 aliphatic heterocycles. The van der Waals surface area contributed by atoms with Crippen LogP contribution in [0.3, 0.4) is 0 Å². The first kappa shape index (κ1) is 16.8. The van der Waals surface area contributed by atoms with Crippen LogP contribution in [-0.4, -0.2) is 60.9 Å². The van der Waals surface area contributed by atoms with E-state index in [2.05, 4.69) is 5.32 Å². The van der Waals surface area contributed by atoms with Crippen molar-refractivity contribution in [3.63, 3.8) is 0 Å². The van der Waals surface area contributed by atoms with Gasteiger partial charge in [0.05, 0.1) is 13.2 Å². The zero-order valence-electron chi connectivity index (χ0n) is 14.3. The summed E-state index contributed by atoms with van der Waals surface area (Å²) in [5.74, 6) is 0.828. The molecule has 2 saturated heterocycles. The summed E-state index contributed by atoms with van der Waals surface area (Å²) in [5, 5.41) is 3.36. The molecular weight excluding hydrogens is 306 g/mol. The first-order chi connectivity index (χ1) is 11.6. The number of hydrogen-bond acceptors (Lipinski definition) is 4. The summed E-state index contributed by atoms with van der Waals surface area (Å²) in [7, 11) is 1.65. The lowest BCUT2D eigenvalue weighted by Crippen LogP contribution is -2.54. The molecule has 0 spiro atoms. The number of amides is 2. The molecule has 3 rings (SSSR count). The van der Waals surface area contributed by atoms with Crippen molar-refractivity contribution in [3.8, 4) is 5.75 Å². The molecule has 2 amide bonds. The highest BCUT2D eigenvalue weighted by molar-refractivity contribution is 5.88. The van der Waals surface area contributed by atoms with Crippen LogP contribution in [-0.2, 0) is 9.59 Å². The quantitative estimate of drug-likeness (QED) is 0.903. The lowest BCUT2D eigenvalue weighted by molar-refractivity contribution is -0.145. The maximum atomic E-state index is 13.2. The Morgan fingerprint density at radius 1 is 1.21 bits per heavy atom. The predicted octanol–water partition coefficient (Wildman–Crippen LogP) is 1.18. The van der Waals surface area contributed by atoms with E-state index in [0.29, 0.717) is 19.6 Å². The second kappa shape index (κ2) is 7.21. The third kappa shape index (κ3) is 3.11. The van der Waals surface area contributed by atoms with E-state index in [1.807, 2.05) is 29.2 Å². The number of carbonyl (C=O) groups excluding carboxylic acids is 2. The first-order valence-corrected chi connectivity index (χ1v) is 8.54. The number of ether oxygens (including phenoxy) is 1. The van der Waals surface area contributed by atoms with Crippen LogP contribution in [0.5, 0.6) is 5.75 Å². The normalized spacial score (nSPS) is 24.1. The van der Waals surface area contributed by atoms with Crippen LogP contribution < -0.4 is 10.1 Å². The van der Waals surface area contributed by atoms with Crippen LogP contribution in [0.2, 0.25) is 0 Å². The molecule has 0 bridgehead atoms. The van der Waals surface area contributed by atoms with Crippen molar-refractivity contribution < 1.29 is 14.3 Å². The summed E-state index contributed by atoms with van der Waals surface area (Å²) in [4.78, 5) is 28.6. The Hall–Kier alpha value is -2.08. The number of piperazine rings is 1. The molecule has 6 nitrogen and oxygen atoms in total. The molecule has 0 radical (unpaired) electrons. The van der Waals surface area contributed by atoms with E-state index in [9.17, 15) is 9.59 Å². The SMILES string of the molecule is COc1ccccc1C1CNCCN1C(=O)C1CCCN1C(C)=O. The Labute approximate surface area is 142 Å². The first-order valence-electron chi connectivity index (χ1n) is 8.54. The van der Waals surface area contributed by atoms with E-state index in [4.69, 9.17) is 4.74 Å². The summed E-state index contributed by atoms with van der Waals surface area (Å²) in [5.41, 5.74) is 1.01. The molecular formula is C18H25N3O3. The van der Waals surface area contributed by atoms with Crippen LogP contribution in [0.25, 0.3) is 0 Å². The van der Waals surface area contributed by atoms with Gasteiger partial charge in [-0.05, 0) is 18.9 Å². The molecule has 24 heavy (non-hydrogen) atoms. The van der Waals surface area contributed by atoms with Gasteiger partial charge < -0.3 is 19.9 Å². The molecule has 1 N–H and O–H groups in total. The minimum atomic E-state index is -0.321. The van der Waals surface area contributed by atoms with Gasteiger partial charge >= 0.3 is 0 Å². The molecule has 2 heterocycles. The number of nitrogens with one attached hydrogen (secondary N) is 1. The van der Waals surface area contributed by atoms with E-state index in [0.717, 1.165) is 30.7 Å². The fraction of sp³-hybridized carbons (Fsp3) is 0.556. The van der Waals surface area contributed by atoms with Gasteiger partial charge in [0.2, 0.25) is 11.8 Å². The van der Waals surface area contributed by atoms with Crippen molar-refractivity contribution in [2.75, 3.05) is 33.3 Å². The number of carbonyl (C=O) groups is 2. The van der Waals surface area contributed by atoms with Gasteiger partial charge in [-0.15, -0.1) is 0 Å². The van der Waals surface area contributed by atoms with Gasteiger partial charge in [0.25, 0.3) is 0 Å². The zero-order chi connectivity index (χ0) is 17.1. The average molecular weight is 331 g/mol. The van der Waals surface area contributed by atoms with Gasteiger partial charge in [0.1, 0.15) is 11.8 Å². The van der Waals surface area contributed by atoms with Crippen molar-refractivity contribution in [3.05, 3.63) is 29.8 Å². The highest BCUT2D eigenvalue weighted by atomic mass is 16.5. The number of benzene rings is 1. The van der Waals surface area contributed by atoms with Gasteiger partial charge in [-0.2, -0.15) is 0 Å². The highest BCUT2D eigenvalue weighted by Gasteiger charge is 2.39. The highest BCUT2D eigenvalue weighted by Crippen LogP contribution is 2.32. The van der Waals surface area contributed by atoms with Crippen LogP contribution >= 0.6 is 0 Å². The van der Waals surface area contributed by atoms with E-state index in [1.165, 1.54) is 0 Å². The average Bonchev–Trinajstić information content (AvgIpc) is 3.11. The van der Waals surface area contributed by atoms with Gasteiger partial charge in [-0.25, -0.2) is 0 Å². The summed E-state index contributed by atoms with van der Waals surface area (Å²) in [6, 6.07) is 7.43. The third-order valence-electron chi connectivity index (χ3n) is 4.97. The molecule has 130 valence electrons. The van der Waals surface area contributed by atoms with Gasteiger partial charge in [0, 0.05) is 38.7 Å². The van der Waals surface area contributed by atoms with Crippen molar-refractivity contribution in [1.29, 1.82) is 0 Å². The zero-order valence-corrected chi connectivity index (χ0v) is 14.3. The maximum absolute atomic E-state index is 13.2. The van der Waals surface area contributed by atoms with E-state index >= 15 is 0 Å². The topological polar surface area (TPSA) is 61.9 Å². The molecule has 2 unspecified atom stereocenters. The molecule has 0 aliphatic carbocycles. The number of likely N-dealkylation sites (tertiary alicyclic amines) is 1. The Morgan fingerprint density at radius 3 is 2.75 bits per heavy atom. The minimum absolute atomic E-state index is 0.0187. The van der Waals surface area contributed by atoms with Crippen molar-refractivity contribution in [2.24, 2.45) is 0 Å². The second-order valence-electron chi connectivity index (χ2n) is 6.36. The molecule has 2 aliphatic rings. The third-order valence-corrected chi connectivity index (χ3v) is 4.97. The van der Waals surface area contributed by atoms with Gasteiger partial charge in [-0.1, -0.05) is 18.2 Å². The second-order valence-corrected chi connectivity index (χ2v) is 6.36. The van der Waals surface area contributed by atoms with E-state index in [1.54, 1.807) is 18.9 Å². The molecule has 1 aromatic carbocycles. The fourth-order valence-corrected chi connectivity index (χ4v) is 3.78. The molecule has 2 atom stereocenters. The maximum Gasteiger partial charge on any atom is 0.245 e. The molecule has 1 aromatic rings. The van der Waals surface area contributed by atoms with E-state index in [-0.39, 0.29) is 23.9 Å². The predicted molar refractivity (Wildman–Crippen MR) is 90.7 cm³/mol. The summed E-state index contributed by atoms with van der Waals surface area (Å²) >= 11 is 0. The Morgan fingerprint density at radius 2 is 2.00 bits per heavy atom. The minimum Gasteiger partial charge on any atom is -0.496 e. The Kier molecular flexibility index (Phi) is 5.04. The number of para-hydroxylation sites is 1. The Balaban J connectivity index is 1.87. The molecule has 2 fully saturated rings. The molecule has 6 heteroatoms. The summed E-state index contributed by atoms with van der Waals surface area (Å²) < 4.78 is 5.48. The van der Waals surface area contributed by atoms with Crippen LogP contribution in [0, 0.1) is 0 Å². The van der Waals surface area contributed by atoms with Gasteiger partial charge in [0.15, 0.2) is 0 Å². The number of methoxy groups -OCH3 is 1. The molecule has 0 saturated carbocycles. The number of hydrogen-bond donors (Lipinski definition) is 1. The lowest BCUT2D eigenvalue weighted by Gasteiger charge is -2.39.